The van der Waals surface area contributed by atoms with E-state index in [1.165, 1.54) is 0 Å². The van der Waals surface area contributed by atoms with Gasteiger partial charge in [0.05, 0.1) is 24.5 Å². The van der Waals surface area contributed by atoms with Crippen LogP contribution in [0.3, 0.4) is 0 Å². The zero-order valence-corrected chi connectivity index (χ0v) is 13.2. The molecule has 0 bridgehead atoms. The van der Waals surface area contributed by atoms with Crippen LogP contribution < -0.4 is 10.1 Å². The largest absolute Gasteiger partial charge is 0.496 e. The molecule has 0 saturated carbocycles. The average molecular weight is 322 g/mol. The third kappa shape index (κ3) is 2.64. The first-order chi connectivity index (χ1) is 11.3. The Bertz CT molecular complexity index is 960. The number of thiazole rings is 1. The first-order valence-corrected chi connectivity index (χ1v) is 8.00. The van der Waals surface area contributed by atoms with Crippen molar-refractivity contribution >= 4 is 33.1 Å². The molecule has 4 aromatic rings. The van der Waals surface area contributed by atoms with E-state index >= 15 is 0 Å². The zero-order chi connectivity index (χ0) is 15.6. The Balaban J connectivity index is 1.62. The summed E-state index contributed by atoms with van der Waals surface area (Å²) in [4.78, 5) is 4.66. The molecule has 2 N–H and O–H groups in total. The summed E-state index contributed by atoms with van der Waals surface area (Å²) in [7, 11) is 1.67. The minimum Gasteiger partial charge on any atom is -0.496 e. The van der Waals surface area contributed by atoms with Gasteiger partial charge in [0, 0.05) is 22.0 Å². The van der Waals surface area contributed by atoms with Gasteiger partial charge in [-0.25, -0.2) is 4.98 Å². The third-order valence-electron chi connectivity index (χ3n) is 3.58. The van der Waals surface area contributed by atoms with Gasteiger partial charge in [0.15, 0.2) is 5.13 Å². The van der Waals surface area contributed by atoms with E-state index in [2.05, 4.69) is 20.5 Å². The highest BCUT2D eigenvalue weighted by atomic mass is 32.1. The molecule has 0 unspecified atom stereocenters. The molecule has 2 heterocycles. The summed E-state index contributed by atoms with van der Waals surface area (Å²) in [6.45, 7) is 0. The fraction of sp³-hybridized carbons (Fsp3) is 0.0588. The summed E-state index contributed by atoms with van der Waals surface area (Å²) in [6.07, 6.45) is 1.81. The van der Waals surface area contributed by atoms with Crippen molar-refractivity contribution in [1.82, 2.24) is 15.2 Å². The summed E-state index contributed by atoms with van der Waals surface area (Å²) in [5.74, 6) is 0.823. The molecule has 0 aliphatic rings. The number of para-hydroxylation sites is 1. The minimum absolute atomic E-state index is 0.823. The van der Waals surface area contributed by atoms with Gasteiger partial charge in [-0.05, 0) is 30.3 Å². The van der Waals surface area contributed by atoms with Crippen LogP contribution in [0.4, 0.5) is 10.8 Å². The molecule has 114 valence electrons. The van der Waals surface area contributed by atoms with E-state index in [9.17, 15) is 0 Å². The molecule has 0 saturated heterocycles. The molecule has 0 aliphatic heterocycles. The molecule has 5 nitrogen and oxygen atoms in total. The number of nitrogens with zero attached hydrogens (tertiary/aromatic N) is 2. The summed E-state index contributed by atoms with van der Waals surface area (Å²) >= 11 is 1.56. The number of aromatic amines is 1. The number of rotatable bonds is 4. The molecule has 0 spiro atoms. The smallest absolute Gasteiger partial charge is 0.187 e. The summed E-state index contributed by atoms with van der Waals surface area (Å²) < 4.78 is 5.40. The van der Waals surface area contributed by atoms with Gasteiger partial charge < -0.3 is 10.1 Å². The number of fused-ring (bicyclic) bond motifs is 1. The van der Waals surface area contributed by atoms with E-state index in [-0.39, 0.29) is 0 Å². The van der Waals surface area contributed by atoms with Crippen LogP contribution in [0, 0.1) is 0 Å². The molecule has 0 aliphatic carbocycles. The van der Waals surface area contributed by atoms with Crippen molar-refractivity contribution < 1.29 is 4.74 Å². The Morgan fingerprint density at radius 1 is 1.17 bits per heavy atom. The van der Waals surface area contributed by atoms with Gasteiger partial charge >= 0.3 is 0 Å². The van der Waals surface area contributed by atoms with E-state index < -0.39 is 0 Å². The molecule has 6 heteroatoms. The molecule has 0 amide bonds. The van der Waals surface area contributed by atoms with E-state index in [0.717, 1.165) is 38.7 Å². The summed E-state index contributed by atoms with van der Waals surface area (Å²) in [5.41, 5.74) is 3.90. The maximum absolute atomic E-state index is 5.40. The van der Waals surface area contributed by atoms with Crippen LogP contribution in [0.25, 0.3) is 22.2 Å². The Kier molecular flexibility index (Phi) is 3.44. The number of nitrogens with one attached hydrogen (secondary N) is 2. The molecule has 0 atom stereocenters. The number of aromatic nitrogens is 3. The highest BCUT2D eigenvalue weighted by Crippen LogP contribution is 2.33. The van der Waals surface area contributed by atoms with Crippen molar-refractivity contribution in [1.29, 1.82) is 0 Å². The highest BCUT2D eigenvalue weighted by Gasteiger charge is 2.09. The molecule has 2 aromatic carbocycles. The predicted octanol–water partition coefficient (Wildman–Crippen LogP) is 4.44. The number of anilines is 2. The monoisotopic (exact) mass is 322 g/mol. The Morgan fingerprint density at radius 2 is 2.09 bits per heavy atom. The molecular weight excluding hydrogens is 308 g/mol. The first-order valence-electron chi connectivity index (χ1n) is 7.12. The lowest BCUT2D eigenvalue weighted by Crippen LogP contribution is -1.90. The van der Waals surface area contributed by atoms with Crippen molar-refractivity contribution in [3.05, 3.63) is 54.0 Å². The third-order valence-corrected chi connectivity index (χ3v) is 4.34. The van der Waals surface area contributed by atoms with E-state index in [4.69, 9.17) is 4.74 Å². The van der Waals surface area contributed by atoms with Crippen LogP contribution in [-0.4, -0.2) is 22.3 Å². The second kappa shape index (κ2) is 5.73. The first kappa shape index (κ1) is 13.8. The lowest BCUT2D eigenvalue weighted by molar-refractivity contribution is 0.416. The quantitative estimate of drug-likeness (QED) is 0.583. The summed E-state index contributed by atoms with van der Waals surface area (Å²) in [6, 6.07) is 13.9. The Hall–Kier alpha value is -2.86. The number of ether oxygens (including phenoxy) is 1. The van der Waals surface area contributed by atoms with Crippen LogP contribution in [0.1, 0.15) is 0 Å². The zero-order valence-electron chi connectivity index (χ0n) is 12.4. The maximum Gasteiger partial charge on any atom is 0.187 e. The number of methoxy groups -OCH3 is 1. The molecular formula is C17H14N4OS. The van der Waals surface area contributed by atoms with Crippen molar-refractivity contribution in [2.75, 3.05) is 12.4 Å². The van der Waals surface area contributed by atoms with Crippen LogP contribution in [0.15, 0.2) is 54.0 Å². The van der Waals surface area contributed by atoms with Gasteiger partial charge in [-0.15, -0.1) is 11.3 Å². The molecule has 2 aromatic heterocycles. The van der Waals surface area contributed by atoms with Crippen LogP contribution in [-0.2, 0) is 0 Å². The number of benzene rings is 2. The van der Waals surface area contributed by atoms with Gasteiger partial charge in [0.25, 0.3) is 0 Å². The number of hydrogen-bond acceptors (Lipinski definition) is 5. The second-order valence-electron chi connectivity index (χ2n) is 5.04. The van der Waals surface area contributed by atoms with Crippen molar-refractivity contribution in [3.63, 3.8) is 0 Å². The van der Waals surface area contributed by atoms with Gasteiger partial charge in [-0.3, -0.25) is 5.10 Å². The molecule has 4 rings (SSSR count). The van der Waals surface area contributed by atoms with Gasteiger partial charge in [0.2, 0.25) is 0 Å². The Morgan fingerprint density at radius 3 is 3.00 bits per heavy atom. The standard InChI is InChI=1S/C17H14N4OS/c1-22-16-5-3-2-4-13(16)15-10-23-17(20-15)19-12-6-7-14-11(8-12)9-18-21-14/h2-10H,1H3,(H,18,21)(H,19,20). The average Bonchev–Trinajstić information content (AvgIpc) is 3.23. The molecule has 0 fully saturated rings. The van der Waals surface area contributed by atoms with E-state index in [1.807, 2.05) is 54.0 Å². The number of hydrogen-bond donors (Lipinski definition) is 2. The lowest BCUT2D eigenvalue weighted by Gasteiger charge is -2.05. The summed E-state index contributed by atoms with van der Waals surface area (Å²) in [5, 5.41) is 14.2. The lowest BCUT2D eigenvalue weighted by atomic mass is 10.1. The SMILES string of the molecule is COc1ccccc1-c1csc(Nc2ccc3[nH]ncc3c2)n1. The fourth-order valence-corrected chi connectivity index (χ4v) is 3.19. The van der Waals surface area contributed by atoms with Gasteiger partial charge in [-0.2, -0.15) is 5.10 Å². The van der Waals surface area contributed by atoms with Crippen molar-refractivity contribution in [2.45, 2.75) is 0 Å². The second-order valence-corrected chi connectivity index (χ2v) is 5.89. The Labute approximate surface area is 137 Å². The molecule has 0 radical (unpaired) electrons. The van der Waals surface area contributed by atoms with Crippen LogP contribution >= 0.6 is 11.3 Å². The van der Waals surface area contributed by atoms with Gasteiger partial charge in [-0.1, -0.05) is 12.1 Å². The van der Waals surface area contributed by atoms with Gasteiger partial charge in [0.1, 0.15) is 5.75 Å². The topological polar surface area (TPSA) is 62.8 Å². The fourth-order valence-electron chi connectivity index (χ4n) is 2.46. The normalized spacial score (nSPS) is 10.8. The van der Waals surface area contributed by atoms with E-state index in [1.54, 1.807) is 18.4 Å². The molecule has 23 heavy (non-hydrogen) atoms. The predicted molar refractivity (Wildman–Crippen MR) is 93.5 cm³/mol. The van der Waals surface area contributed by atoms with Crippen LogP contribution in [0.2, 0.25) is 0 Å². The maximum atomic E-state index is 5.40. The van der Waals surface area contributed by atoms with Crippen molar-refractivity contribution in [3.8, 4) is 17.0 Å². The van der Waals surface area contributed by atoms with Crippen molar-refractivity contribution in [2.24, 2.45) is 0 Å². The highest BCUT2D eigenvalue weighted by molar-refractivity contribution is 7.14. The minimum atomic E-state index is 0.823. The van der Waals surface area contributed by atoms with Crippen LogP contribution in [0.5, 0.6) is 5.75 Å². The van der Waals surface area contributed by atoms with E-state index in [0.29, 0.717) is 0 Å². The number of H-pyrrole nitrogens is 1.